The van der Waals surface area contributed by atoms with Gasteiger partial charge in [0.1, 0.15) is 5.76 Å². The molecule has 0 fully saturated rings. The van der Waals surface area contributed by atoms with Crippen molar-refractivity contribution >= 4 is 11.6 Å². The van der Waals surface area contributed by atoms with E-state index in [0.717, 1.165) is 30.0 Å². The van der Waals surface area contributed by atoms with Crippen molar-refractivity contribution in [2.75, 3.05) is 18.4 Å². The second-order valence-electron chi connectivity index (χ2n) is 4.63. The fourth-order valence-corrected chi connectivity index (χ4v) is 2.30. The van der Waals surface area contributed by atoms with Crippen LogP contribution in [0.3, 0.4) is 0 Å². The van der Waals surface area contributed by atoms with Crippen molar-refractivity contribution in [1.29, 1.82) is 0 Å². The predicted octanol–water partition coefficient (Wildman–Crippen LogP) is 2.22. The van der Waals surface area contributed by atoms with E-state index in [-0.39, 0.29) is 5.91 Å². The van der Waals surface area contributed by atoms with Crippen LogP contribution in [0, 0.1) is 0 Å². The zero-order chi connectivity index (χ0) is 13.1. The van der Waals surface area contributed by atoms with E-state index in [1.807, 2.05) is 30.3 Å². The fourth-order valence-electron chi connectivity index (χ4n) is 2.30. The Bertz CT molecular complexity index is 576. The van der Waals surface area contributed by atoms with Gasteiger partial charge in [0.2, 0.25) is 0 Å². The second-order valence-corrected chi connectivity index (χ2v) is 4.63. The molecular weight excluding hydrogens is 240 g/mol. The highest BCUT2D eigenvalue weighted by atomic mass is 16.3. The lowest BCUT2D eigenvalue weighted by Crippen LogP contribution is -2.25. The molecule has 0 atom stereocenters. The van der Waals surface area contributed by atoms with Gasteiger partial charge in [-0.25, -0.2) is 0 Å². The summed E-state index contributed by atoms with van der Waals surface area (Å²) in [4.78, 5) is 12.0. The number of hydrogen-bond acceptors (Lipinski definition) is 3. The van der Waals surface area contributed by atoms with Crippen LogP contribution in [0.15, 0.2) is 41.0 Å². The molecule has 1 aromatic carbocycles. The van der Waals surface area contributed by atoms with Gasteiger partial charge in [-0.3, -0.25) is 4.79 Å². The summed E-state index contributed by atoms with van der Waals surface area (Å²) in [5.41, 5.74) is 3.09. The van der Waals surface area contributed by atoms with Crippen LogP contribution in [-0.2, 0) is 12.8 Å². The highest BCUT2D eigenvalue weighted by Crippen LogP contribution is 2.22. The third-order valence-corrected chi connectivity index (χ3v) is 3.31. The van der Waals surface area contributed by atoms with Crippen LogP contribution in [0.5, 0.6) is 0 Å². The van der Waals surface area contributed by atoms with Gasteiger partial charge in [0.25, 0.3) is 5.91 Å². The van der Waals surface area contributed by atoms with E-state index in [2.05, 4.69) is 10.6 Å². The van der Waals surface area contributed by atoms with Crippen molar-refractivity contribution in [3.63, 3.8) is 0 Å². The first-order chi connectivity index (χ1) is 9.33. The third-order valence-electron chi connectivity index (χ3n) is 3.31. The molecule has 4 nitrogen and oxygen atoms in total. The number of rotatable bonds is 4. The largest absolute Gasteiger partial charge is 0.469 e. The first-order valence-electron chi connectivity index (χ1n) is 6.50. The molecule has 0 aliphatic carbocycles. The lowest BCUT2D eigenvalue weighted by Gasteiger charge is -2.06. The Labute approximate surface area is 111 Å². The SMILES string of the molecule is O=C(NCCc1ccco1)c1ccc2c(c1)CCN2. The molecule has 3 rings (SSSR count). The molecule has 0 bridgehead atoms. The Morgan fingerprint density at radius 3 is 3.16 bits per heavy atom. The summed E-state index contributed by atoms with van der Waals surface area (Å²) in [6.07, 6.45) is 3.35. The molecule has 98 valence electrons. The van der Waals surface area contributed by atoms with Gasteiger partial charge < -0.3 is 15.1 Å². The normalized spacial score (nSPS) is 12.8. The molecule has 2 N–H and O–H groups in total. The third kappa shape index (κ3) is 2.62. The van der Waals surface area contributed by atoms with Crippen LogP contribution in [0.2, 0.25) is 0 Å². The Balaban J connectivity index is 1.58. The summed E-state index contributed by atoms with van der Waals surface area (Å²) >= 11 is 0. The predicted molar refractivity (Wildman–Crippen MR) is 73.4 cm³/mol. The minimum Gasteiger partial charge on any atom is -0.469 e. The second kappa shape index (κ2) is 5.18. The lowest BCUT2D eigenvalue weighted by atomic mass is 10.1. The van der Waals surface area contributed by atoms with Crippen molar-refractivity contribution in [2.24, 2.45) is 0 Å². The molecule has 2 aromatic rings. The van der Waals surface area contributed by atoms with Gasteiger partial charge in [-0.1, -0.05) is 0 Å². The van der Waals surface area contributed by atoms with E-state index in [0.29, 0.717) is 13.0 Å². The highest BCUT2D eigenvalue weighted by molar-refractivity contribution is 5.95. The summed E-state index contributed by atoms with van der Waals surface area (Å²) in [6, 6.07) is 9.57. The van der Waals surface area contributed by atoms with Crippen LogP contribution in [0.1, 0.15) is 21.7 Å². The average molecular weight is 256 g/mol. The topological polar surface area (TPSA) is 54.3 Å². The number of hydrogen-bond donors (Lipinski definition) is 2. The molecule has 0 spiro atoms. The van der Waals surface area contributed by atoms with Crippen molar-refractivity contribution < 1.29 is 9.21 Å². The van der Waals surface area contributed by atoms with Crippen molar-refractivity contribution in [3.8, 4) is 0 Å². The number of anilines is 1. The van der Waals surface area contributed by atoms with Crippen LogP contribution < -0.4 is 10.6 Å². The standard InChI is InChI=1S/C15H16N2O2/c18-15(17-8-6-13-2-1-9-19-13)12-3-4-14-11(10-12)5-7-16-14/h1-4,9-10,16H,5-8H2,(H,17,18). The summed E-state index contributed by atoms with van der Waals surface area (Å²) in [7, 11) is 0. The molecule has 1 aromatic heterocycles. The molecule has 1 aliphatic heterocycles. The van der Waals surface area contributed by atoms with Crippen LogP contribution in [0.25, 0.3) is 0 Å². The van der Waals surface area contributed by atoms with E-state index < -0.39 is 0 Å². The van der Waals surface area contributed by atoms with Gasteiger partial charge in [0, 0.05) is 30.8 Å². The number of nitrogens with one attached hydrogen (secondary N) is 2. The quantitative estimate of drug-likeness (QED) is 0.882. The smallest absolute Gasteiger partial charge is 0.251 e. The summed E-state index contributed by atoms with van der Waals surface area (Å²) < 4.78 is 5.22. The first-order valence-corrected chi connectivity index (χ1v) is 6.50. The lowest BCUT2D eigenvalue weighted by molar-refractivity contribution is 0.0953. The zero-order valence-corrected chi connectivity index (χ0v) is 10.6. The molecule has 0 saturated heterocycles. The van der Waals surface area contributed by atoms with E-state index >= 15 is 0 Å². The van der Waals surface area contributed by atoms with Crippen LogP contribution in [0.4, 0.5) is 5.69 Å². The van der Waals surface area contributed by atoms with Gasteiger partial charge in [0.05, 0.1) is 6.26 Å². The summed E-state index contributed by atoms with van der Waals surface area (Å²) in [5.74, 6) is 0.861. The molecular formula is C15H16N2O2. The van der Waals surface area contributed by atoms with E-state index in [1.54, 1.807) is 6.26 Å². The summed E-state index contributed by atoms with van der Waals surface area (Å²) in [6.45, 7) is 1.54. The molecule has 1 aliphatic rings. The van der Waals surface area contributed by atoms with E-state index in [4.69, 9.17) is 4.42 Å². The Hall–Kier alpha value is -2.23. The zero-order valence-electron chi connectivity index (χ0n) is 10.6. The van der Waals surface area contributed by atoms with Crippen molar-refractivity contribution in [1.82, 2.24) is 5.32 Å². The van der Waals surface area contributed by atoms with Crippen LogP contribution >= 0.6 is 0 Å². The van der Waals surface area contributed by atoms with E-state index in [1.165, 1.54) is 5.56 Å². The number of carbonyl (C=O) groups excluding carboxylic acids is 1. The van der Waals surface area contributed by atoms with Gasteiger partial charge in [-0.15, -0.1) is 0 Å². The molecule has 1 amide bonds. The van der Waals surface area contributed by atoms with Gasteiger partial charge in [-0.05, 0) is 42.3 Å². The Morgan fingerprint density at radius 2 is 2.32 bits per heavy atom. The maximum atomic E-state index is 12.0. The number of amides is 1. The first kappa shape index (κ1) is 11.8. The van der Waals surface area contributed by atoms with Crippen LogP contribution in [-0.4, -0.2) is 19.0 Å². The molecule has 4 heteroatoms. The molecule has 2 heterocycles. The molecule has 0 unspecified atom stereocenters. The minimum atomic E-state index is -0.0266. The Morgan fingerprint density at radius 1 is 1.37 bits per heavy atom. The maximum absolute atomic E-state index is 12.0. The molecule has 0 radical (unpaired) electrons. The van der Waals surface area contributed by atoms with Crippen molar-refractivity contribution in [3.05, 3.63) is 53.5 Å². The Kier molecular flexibility index (Phi) is 3.23. The average Bonchev–Trinajstić information content (AvgIpc) is 3.08. The van der Waals surface area contributed by atoms with Gasteiger partial charge >= 0.3 is 0 Å². The highest BCUT2D eigenvalue weighted by Gasteiger charge is 2.13. The number of carbonyl (C=O) groups is 1. The maximum Gasteiger partial charge on any atom is 0.251 e. The van der Waals surface area contributed by atoms with Gasteiger partial charge in [0.15, 0.2) is 0 Å². The van der Waals surface area contributed by atoms with E-state index in [9.17, 15) is 4.79 Å². The summed E-state index contributed by atoms with van der Waals surface area (Å²) in [5, 5.41) is 6.19. The number of benzene rings is 1. The fraction of sp³-hybridized carbons (Fsp3) is 0.267. The minimum absolute atomic E-state index is 0.0266. The number of fused-ring (bicyclic) bond motifs is 1. The monoisotopic (exact) mass is 256 g/mol. The van der Waals surface area contributed by atoms with Crippen molar-refractivity contribution in [2.45, 2.75) is 12.8 Å². The number of furan rings is 1. The van der Waals surface area contributed by atoms with Gasteiger partial charge in [-0.2, -0.15) is 0 Å². The molecule has 19 heavy (non-hydrogen) atoms. The molecule has 0 saturated carbocycles.